The highest BCUT2D eigenvalue weighted by Gasteiger charge is 2.20. The highest BCUT2D eigenvalue weighted by atomic mass is 35.5. The number of halogens is 1. The summed E-state index contributed by atoms with van der Waals surface area (Å²) in [6.45, 7) is 0.633. The van der Waals surface area contributed by atoms with Crippen LogP contribution in [0.1, 0.15) is 17.5 Å². The first-order valence-corrected chi connectivity index (χ1v) is 5.74. The molecule has 0 amide bonds. The third-order valence-corrected chi connectivity index (χ3v) is 2.85. The first-order valence-electron chi connectivity index (χ1n) is 5.20. The van der Waals surface area contributed by atoms with Crippen molar-refractivity contribution >= 4 is 17.3 Å². The van der Waals surface area contributed by atoms with Gasteiger partial charge in [0.15, 0.2) is 0 Å². The zero-order valence-electron chi connectivity index (χ0n) is 9.15. The molecule has 0 N–H and O–H groups in total. The standard InChI is InChI=1S/C12H14ClNO2/c1-15-8-9-2-4-10(5-3-9)12-6-11(7-13)16-14-12/h2-5,11H,6-8H2,1H3. The van der Waals surface area contributed by atoms with Crippen molar-refractivity contribution in [1.82, 2.24) is 0 Å². The Balaban J connectivity index is 2.05. The molecule has 1 aliphatic heterocycles. The molecule has 2 rings (SSSR count). The fraction of sp³-hybridized carbons (Fsp3) is 0.417. The number of alkyl halides is 1. The second-order valence-corrected chi connectivity index (χ2v) is 4.06. The molecule has 3 nitrogen and oxygen atoms in total. The van der Waals surface area contributed by atoms with Gasteiger partial charge in [0.2, 0.25) is 0 Å². The molecule has 1 heterocycles. The van der Waals surface area contributed by atoms with Crippen molar-refractivity contribution in [2.45, 2.75) is 19.1 Å². The summed E-state index contributed by atoms with van der Waals surface area (Å²) in [5.74, 6) is 0.481. The molecule has 1 aromatic carbocycles. The molecule has 0 spiro atoms. The molecule has 1 aliphatic rings. The number of benzene rings is 1. The molecule has 0 fully saturated rings. The molecular formula is C12H14ClNO2. The lowest BCUT2D eigenvalue weighted by Crippen LogP contribution is -2.09. The number of ether oxygens (including phenoxy) is 1. The Morgan fingerprint density at radius 2 is 2.19 bits per heavy atom. The Labute approximate surface area is 100.0 Å². The molecular weight excluding hydrogens is 226 g/mol. The van der Waals surface area contributed by atoms with Crippen LogP contribution in [0.5, 0.6) is 0 Å². The summed E-state index contributed by atoms with van der Waals surface area (Å²) in [5.41, 5.74) is 3.21. The molecule has 1 atom stereocenters. The van der Waals surface area contributed by atoms with E-state index in [1.54, 1.807) is 7.11 Å². The van der Waals surface area contributed by atoms with Gasteiger partial charge in [0, 0.05) is 13.5 Å². The van der Waals surface area contributed by atoms with E-state index in [9.17, 15) is 0 Å². The van der Waals surface area contributed by atoms with Gasteiger partial charge in [-0.25, -0.2) is 0 Å². The first kappa shape index (κ1) is 11.4. The number of methoxy groups -OCH3 is 1. The van der Waals surface area contributed by atoms with Gasteiger partial charge in [0.1, 0.15) is 6.10 Å². The van der Waals surface area contributed by atoms with Gasteiger partial charge in [-0.3, -0.25) is 0 Å². The zero-order valence-corrected chi connectivity index (χ0v) is 9.91. The predicted molar refractivity (Wildman–Crippen MR) is 63.9 cm³/mol. The van der Waals surface area contributed by atoms with Crippen LogP contribution in [0.4, 0.5) is 0 Å². The number of hydrogen-bond acceptors (Lipinski definition) is 3. The van der Waals surface area contributed by atoms with E-state index in [1.165, 1.54) is 0 Å². The second-order valence-electron chi connectivity index (χ2n) is 3.75. The van der Waals surface area contributed by atoms with E-state index in [2.05, 4.69) is 5.16 Å². The zero-order chi connectivity index (χ0) is 11.4. The SMILES string of the molecule is COCc1ccc(C2=NOC(CCl)C2)cc1. The molecule has 1 unspecified atom stereocenters. The third-order valence-electron chi connectivity index (χ3n) is 2.50. The van der Waals surface area contributed by atoms with Crippen LogP contribution >= 0.6 is 11.6 Å². The highest BCUT2D eigenvalue weighted by Crippen LogP contribution is 2.18. The van der Waals surface area contributed by atoms with E-state index >= 15 is 0 Å². The van der Waals surface area contributed by atoms with Crippen molar-refractivity contribution in [2.24, 2.45) is 5.16 Å². The minimum absolute atomic E-state index is 0.0234. The van der Waals surface area contributed by atoms with Gasteiger partial charge in [-0.05, 0) is 11.1 Å². The molecule has 1 aromatic rings. The fourth-order valence-corrected chi connectivity index (χ4v) is 1.81. The Morgan fingerprint density at radius 3 is 2.75 bits per heavy atom. The molecule has 4 heteroatoms. The highest BCUT2D eigenvalue weighted by molar-refractivity contribution is 6.18. The van der Waals surface area contributed by atoms with E-state index in [0.29, 0.717) is 12.5 Å². The van der Waals surface area contributed by atoms with Gasteiger partial charge in [-0.1, -0.05) is 29.4 Å². The van der Waals surface area contributed by atoms with Gasteiger partial charge in [0.25, 0.3) is 0 Å². The van der Waals surface area contributed by atoms with E-state index < -0.39 is 0 Å². The summed E-state index contributed by atoms with van der Waals surface area (Å²) < 4.78 is 5.06. The van der Waals surface area contributed by atoms with Crippen LogP contribution in [0.15, 0.2) is 29.4 Å². The van der Waals surface area contributed by atoms with Crippen LogP contribution in [-0.4, -0.2) is 24.8 Å². The summed E-state index contributed by atoms with van der Waals surface area (Å²) in [6, 6.07) is 8.14. The lowest BCUT2D eigenvalue weighted by atomic mass is 10.0. The summed E-state index contributed by atoms with van der Waals surface area (Å²) in [4.78, 5) is 5.18. The minimum atomic E-state index is 0.0234. The summed E-state index contributed by atoms with van der Waals surface area (Å²) in [6.07, 6.45) is 0.808. The average molecular weight is 240 g/mol. The van der Waals surface area contributed by atoms with Crippen molar-refractivity contribution in [3.8, 4) is 0 Å². The summed E-state index contributed by atoms with van der Waals surface area (Å²) in [7, 11) is 1.69. The van der Waals surface area contributed by atoms with Crippen LogP contribution in [0.25, 0.3) is 0 Å². The fourth-order valence-electron chi connectivity index (χ4n) is 1.64. The van der Waals surface area contributed by atoms with Crippen molar-refractivity contribution in [2.75, 3.05) is 13.0 Å². The van der Waals surface area contributed by atoms with Crippen molar-refractivity contribution in [3.63, 3.8) is 0 Å². The Morgan fingerprint density at radius 1 is 1.44 bits per heavy atom. The largest absolute Gasteiger partial charge is 0.391 e. The van der Waals surface area contributed by atoms with Crippen LogP contribution < -0.4 is 0 Å². The first-order chi connectivity index (χ1) is 7.83. The van der Waals surface area contributed by atoms with Gasteiger partial charge >= 0.3 is 0 Å². The molecule has 0 saturated heterocycles. The van der Waals surface area contributed by atoms with Gasteiger partial charge in [0.05, 0.1) is 18.2 Å². The normalized spacial score (nSPS) is 19.4. The van der Waals surface area contributed by atoms with E-state index in [0.717, 1.165) is 23.3 Å². The van der Waals surface area contributed by atoms with E-state index in [-0.39, 0.29) is 6.10 Å². The second kappa shape index (κ2) is 5.32. The minimum Gasteiger partial charge on any atom is -0.391 e. The van der Waals surface area contributed by atoms with Gasteiger partial charge in [-0.15, -0.1) is 11.6 Å². The Bertz CT molecular complexity index is 375. The molecule has 0 radical (unpaired) electrons. The Hall–Kier alpha value is -1.06. The molecule has 0 aliphatic carbocycles. The van der Waals surface area contributed by atoms with Gasteiger partial charge < -0.3 is 9.57 Å². The number of hydrogen-bond donors (Lipinski definition) is 0. The lowest BCUT2D eigenvalue weighted by Gasteiger charge is -2.03. The molecule has 0 bridgehead atoms. The van der Waals surface area contributed by atoms with Crippen LogP contribution in [0.3, 0.4) is 0 Å². The smallest absolute Gasteiger partial charge is 0.146 e. The van der Waals surface area contributed by atoms with Crippen LogP contribution in [0.2, 0.25) is 0 Å². The predicted octanol–water partition coefficient (Wildman–Crippen LogP) is 2.56. The maximum atomic E-state index is 5.71. The Kier molecular flexibility index (Phi) is 3.80. The monoisotopic (exact) mass is 239 g/mol. The summed E-state index contributed by atoms with van der Waals surface area (Å²) in [5, 5.41) is 4.03. The number of rotatable bonds is 4. The van der Waals surface area contributed by atoms with Crippen molar-refractivity contribution in [1.29, 1.82) is 0 Å². The molecule has 16 heavy (non-hydrogen) atoms. The average Bonchev–Trinajstić information content (AvgIpc) is 2.79. The van der Waals surface area contributed by atoms with E-state index in [1.807, 2.05) is 24.3 Å². The van der Waals surface area contributed by atoms with Crippen molar-refractivity contribution in [3.05, 3.63) is 35.4 Å². The van der Waals surface area contributed by atoms with Crippen LogP contribution in [0, 0.1) is 0 Å². The van der Waals surface area contributed by atoms with Crippen LogP contribution in [-0.2, 0) is 16.2 Å². The van der Waals surface area contributed by atoms with Crippen molar-refractivity contribution < 1.29 is 9.57 Å². The van der Waals surface area contributed by atoms with Gasteiger partial charge in [-0.2, -0.15) is 0 Å². The number of nitrogens with zero attached hydrogens (tertiary/aromatic N) is 1. The molecule has 86 valence electrons. The van der Waals surface area contributed by atoms with E-state index in [4.69, 9.17) is 21.2 Å². The maximum Gasteiger partial charge on any atom is 0.146 e. The quantitative estimate of drug-likeness (QED) is 0.756. The molecule has 0 saturated carbocycles. The maximum absolute atomic E-state index is 5.71. The lowest BCUT2D eigenvalue weighted by molar-refractivity contribution is 0.102. The summed E-state index contributed by atoms with van der Waals surface area (Å²) >= 11 is 5.71. The number of oxime groups is 1. The molecule has 0 aromatic heterocycles. The third kappa shape index (κ3) is 2.54. The topological polar surface area (TPSA) is 30.8 Å².